The van der Waals surface area contributed by atoms with Crippen molar-refractivity contribution in [2.24, 2.45) is 0 Å². The lowest BCUT2D eigenvalue weighted by molar-refractivity contribution is -0.171. The molecule has 0 aliphatic carbocycles. The molecule has 0 saturated heterocycles. The smallest absolute Gasteiger partial charge is 0.416 e. The van der Waals surface area contributed by atoms with Crippen molar-refractivity contribution in [3.8, 4) is 6.07 Å². The Kier molecular flexibility index (Phi) is 6.50. The van der Waals surface area contributed by atoms with Crippen LogP contribution in [0.25, 0.3) is 0 Å². The molecule has 9 heteroatoms. The number of nitrogens with zero attached hydrogens (tertiary/aromatic N) is 2. The van der Waals surface area contributed by atoms with E-state index >= 15 is 0 Å². The molecule has 0 amide bonds. The predicted molar refractivity (Wildman–Crippen MR) is 125 cm³/mol. The highest BCUT2D eigenvalue weighted by Crippen LogP contribution is 2.59. The minimum atomic E-state index is -4.65. The number of nitriles is 1. The van der Waals surface area contributed by atoms with Gasteiger partial charge in [-0.15, -0.1) is 0 Å². The highest BCUT2D eigenvalue weighted by Gasteiger charge is 2.66. The van der Waals surface area contributed by atoms with Gasteiger partial charge in [0, 0.05) is 17.3 Å². The SMILES string of the molecule is CC(C)OC(=O)C1(C(=O)OC(C)C)c2ccc(C(F)(F)F)cc2N2[C@@H](CC#N)Cc3ccccc3[C@@H]21. The van der Waals surface area contributed by atoms with Crippen LogP contribution in [0.3, 0.4) is 0 Å². The third-order valence-corrected chi connectivity index (χ3v) is 6.57. The number of fused-ring (bicyclic) bond motifs is 5. The van der Waals surface area contributed by atoms with Gasteiger partial charge in [-0.3, -0.25) is 9.59 Å². The first-order chi connectivity index (χ1) is 16.9. The summed E-state index contributed by atoms with van der Waals surface area (Å²) in [6.45, 7) is 6.53. The number of hydrogen-bond acceptors (Lipinski definition) is 6. The van der Waals surface area contributed by atoms with Crippen LogP contribution in [0.2, 0.25) is 0 Å². The predicted octanol–water partition coefficient (Wildman–Crippen LogP) is 5.25. The lowest BCUT2D eigenvalue weighted by Crippen LogP contribution is -2.55. The summed E-state index contributed by atoms with van der Waals surface area (Å²) in [4.78, 5) is 29.5. The second kappa shape index (κ2) is 9.16. The second-order valence-electron chi connectivity index (χ2n) is 9.67. The maximum atomic E-state index is 13.9. The molecule has 0 unspecified atom stereocenters. The molecule has 2 atom stereocenters. The summed E-state index contributed by atoms with van der Waals surface area (Å²) < 4.78 is 52.5. The quantitative estimate of drug-likeness (QED) is 0.412. The Morgan fingerprint density at radius 3 is 2.25 bits per heavy atom. The number of hydrogen-bond donors (Lipinski definition) is 0. The van der Waals surface area contributed by atoms with Gasteiger partial charge in [-0.25, -0.2) is 0 Å². The van der Waals surface area contributed by atoms with Gasteiger partial charge in [0.15, 0.2) is 0 Å². The molecule has 0 bridgehead atoms. The molecule has 0 saturated carbocycles. The van der Waals surface area contributed by atoms with Crippen molar-refractivity contribution in [3.05, 3.63) is 64.7 Å². The van der Waals surface area contributed by atoms with Crippen molar-refractivity contribution in [2.45, 2.75) is 76.4 Å². The van der Waals surface area contributed by atoms with Gasteiger partial charge in [0.2, 0.25) is 5.41 Å². The lowest BCUT2D eigenvalue weighted by Gasteiger charge is -2.44. The Morgan fingerprint density at radius 2 is 1.69 bits per heavy atom. The first kappa shape index (κ1) is 25.5. The summed E-state index contributed by atoms with van der Waals surface area (Å²) in [5.74, 6) is -1.80. The fourth-order valence-corrected chi connectivity index (χ4v) is 5.30. The maximum Gasteiger partial charge on any atom is 0.416 e. The molecule has 0 aromatic heterocycles. The van der Waals surface area contributed by atoms with Gasteiger partial charge in [0.05, 0.1) is 36.3 Å². The molecule has 2 aliphatic heterocycles. The van der Waals surface area contributed by atoms with E-state index in [4.69, 9.17) is 9.47 Å². The third kappa shape index (κ3) is 3.98. The Bertz CT molecular complexity index is 1210. The number of halogens is 3. The van der Waals surface area contributed by atoms with E-state index in [1.807, 2.05) is 12.1 Å². The van der Waals surface area contributed by atoms with Crippen LogP contribution < -0.4 is 4.90 Å². The summed E-state index contributed by atoms with van der Waals surface area (Å²) in [6.07, 6.45) is -5.49. The Balaban J connectivity index is 2.10. The molecule has 190 valence electrons. The van der Waals surface area contributed by atoms with Crippen LogP contribution >= 0.6 is 0 Å². The molecular weight excluding hydrogens is 473 g/mol. The molecule has 0 N–H and O–H groups in total. The molecule has 4 rings (SSSR count). The maximum absolute atomic E-state index is 13.9. The van der Waals surface area contributed by atoms with Gasteiger partial charge in [-0.2, -0.15) is 18.4 Å². The summed E-state index contributed by atoms with van der Waals surface area (Å²) >= 11 is 0. The van der Waals surface area contributed by atoms with Gasteiger partial charge in [0.25, 0.3) is 0 Å². The van der Waals surface area contributed by atoms with Crippen LogP contribution in [0.5, 0.6) is 0 Å². The van der Waals surface area contributed by atoms with Crippen molar-refractivity contribution in [1.82, 2.24) is 0 Å². The van der Waals surface area contributed by atoms with E-state index in [1.54, 1.807) is 44.7 Å². The molecule has 36 heavy (non-hydrogen) atoms. The summed E-state index contributed by atoms with van der Waals surface area (Å²) in [6, 6.07) is 10.6. The Hall–Kier alpha value is -3.54. The number of esters is 2. The highest BCUT2D eigenvalue weighted by atomic mass is 19.4. The fourth-order valence-electron chi connectivity index (χ4n) is 5.30. The second-order valence-corrected chi connectivity index (χ2v) is 9.67. The third-order valence-electron chi connectivity index (χ3n) is 6.57. The molecule has 0 radical (unpaired) electrons. The standard InChI is InChI=1S/C27H27F3N2O4/c1-15(2)35-24(33)26(25(34)36-16(3)4)21-10-9-18(27(28,29)30)14-22(21)32-19(11-12-31)13-17-7-5-6-8-20(17)23(26)32/h5-10,14-16,19,23H,11,13H2,1-4H3/t19-,23+/m0/s1. The van der Waals surface area contributed by atoms with Crippen molar-refractivity contribution >= 4 is 17.6 Å². The first-order valence-corrected chi connectivity index (χ1v) is 11.8. The highest BCUT2D eigenvalue weighted by molar-refractivity contribution is 6.11. The van der Waals surface area contributed by atoms with E-state index in [9.17, 15) is 28.0 Å². The zero-order chi connectivity index (χ0) is 26.4. The van der Waals surface area contributed by atoms with E-state index < -0.39 is 53.4 Å². The van der Waals surface area contributed by atoms with Crippen LogP contribution in [-0.4, -0.2) is 30.2 Å². The number of ether oxygens (including phenoxy) is 2. The van der Waals surface area contributed by atoms with Gasteiger partial charge < -0.3 is 14.4 Å². The number of carbonyl (C=O) groups is 2. The van der Waals surface area contributed by atoms with Crippen LogP contribution in [0, 0.1) is 11.3 Å². The van der Waals surface area contributed by atoms with Gasteiger partial charge in [0.1, 0.15) is 0 Å². The van der Waals surface area contributed by atoms with Crippen molar-refractivity contribution in [3.63, 3.8) is 0 Å². The van der Waals surface area contributed by atoms with E-state index in [2.05, 4.69) is 6.07 Å². The summed E-state index contributed by atoms with van der Waals surface area (Å²) in [7, 11) is 0. The molecule has 6 nitrogen and oxygen atoms in total. The van der Waals surface area contributed by atoms with Crippen LogP contribution in [-0.2, 0) is 37.1 Å². The average Bonchev–Trinajstić information content (AvgIpc) is 3.10. The van der Waals surface area contributed by atoms with Gasteiger partial charge in [-0.05, 0) is 57.4 Å². The number of carbonyl (C=O) groups excluding carboxylic acids is 2. The monoisotopic (exact) mass is 500 g/mol. The minimum Gasteiger partial charge on any atom is -0.462 e. The molecule has 2 aromatic carbocycles. The minimum absolute atomic E-state index is 0.0188. The van der Waals surface area contributed by atoms with Gasteiger partial charge in [-0.1, -0.05) is 30.3 Å². The summed E-state index contributed by atoms with van der Waals surface area (Å²) in [5.41, 5.74) is -1.43. The normalized spacial score (nSPS) is 19.8. The van der Waals surface area contributed by atoms with E-state index in [0.717, 1.165) is 17.7 Å². The lowest BCUT2D eigenvalue weighted by atomic mass is 9.71. The van der Waals surface area contributed by atoms with E-state index in [0.29, 0.717) is 12.0 Å². The van der Waals surface area contributed by atoms with Crippen molar-refractivity contribution < 1.29 is 32.2 Å². The number of anilines is 1. The zero-order valence-electron chi connectivity index (χ0n) is 20.4. The molecule has 0 spiro atoms. The number of benzene rings is 2. The molecule has 2 aliphatic rings. The van der Waals surface area contributed by atoms with Crippen LogP contribution in [0.4, 0.5) is 18.9 Å². The largest absolute Gasteiger partial charge is 0.462 e. The van der Waals surface area contributed by atoms with E-state index in [-0.39, 0.29) is 17.7 Å². The molecular formula is C27H27F3N2O4. The molecule has 2 aromatic rings. The molecule has 2 heterocycles. The van der Waals surface area contributed by atoms with Gasteiger partial charge >= 0.3 is 18.1 Å². The molecule has 0 fully saturated rings. The first-order valence-electron chi connectivity index (χ1n) is 11.8. The van der Waals surface area contributed by atoms with Crippen molar-refractivity contribution in [2.75, 3.05) is 4.90 Å². The zero-order valence-corrected chi connectivity index (χ0v) is 20.4. The number of rotatable bonds is 5. The Labute approximate surface area is 207 Å². The van der Waals surface area contributed by atoms with Crippen LogP contribution in [0.15, 0.2) is 42.5 Å². The topological polar surface area (TPSA) is 79.6 Å². The fraction of sp³-hybridized carbons (Fsp3) is 0.444. The average molecular weight is 501 g/mol. The van der Waals surface area contributed by atoms with E-state index in [1.165, 1.54) is 6.07 Å². The number of alkyl halides is 3. The van der Waals surface area contributed by atoms with Crippen molar-refractivity contribution in [1.29, 1.82) is 5.26 Å². The summed E-state index contributed by atoms with van der Waals surface area (Å²) in [5, 5.41) is 9.56. The Morgan fingerprint density at radius 1 is 1.08 bits per heavy atom. The van der Waals surface area contributed by atoms with Crippen LogP contribution in [0.1, 0.15) is 62.4 Å².